The normalized spacial score (nSPS) is 24.4. The molecule has 0 spiro atoms. The standard InChI is InChI=1S/C14H18N2S.C6H13N/c1-14(7-9-16(2)10-8-14)13-15-11-5-3-4-6-12(11)17-13;1-6-3-2-4-7-5-6/h3-6H,7-10H2,1-2H3;6-7H,2-5H2,1H3. The van der Waals surface area contributed by atoms with E-state index in [1.807, 2.05) is 11.3 Å². The van der Waals surface area contributed by atoms with Gasteiger partial charge in [0.05, 0.1) is 15.2 Å². The van der Waals surface area contributed by atoms with Crippen LogP contribution in [0.3, 0.4) is 0 Å². The summed E-state index contributed by atoms with van der Waals surface area (Å²) < 4.78 is 1.32. The van der Waals surface area contributed by atoms with Crippen molar-refractivity contribution < 1.29 is 0 Å². The van der Waals surface area contributed by atoms with Crippen LogP contribution in [0.4, 0.5) is 0 Å². The molecule has 2 aliphatic heterocycles. The highest BCUT2D eigenvalue weighted by Gasteiger charge is 2.33. The molecule has 0 radical (unpaired) electrons. The Morgan fingerprint density at radius 3 is 2.58 bits per heavy atom. The van der Waals surface area contributed by atoms with Gasteiger partial charge in [0.15, 0.2) is 0 Å². The second-order valence-corrected chi connectivity index (χ2v) is 8.83. The minimum absolute atomic E-state index is 0.288. The maximum absolute atomic E-state index is 4.83. The first-order valence-corrected chi connectivity index (χ1v) is 10.1. The molecule has 1 unspecified atom stereocenters. The lowest BCUT2D eigenvalue weighted by molar-refractivity contribution is 0.200. The van der Waals surface area contributed by atoms with E-state index in [9.17, 15) is 0 Å². The number of nitrogens with one attached hydrogen (secondary N) is 1. The Morgan fingerprint density at radius 1 is 1.25 bits per heavy atom. The van der Waals surface area contributed by atoms with E-state index in [0.29, 0.717) is 0 Å². The zero-order valence-corrected chi connectivity index (χ0v) is 16.2. The Hall–Kier alpha value is -0.970. The zero-order chi connectivity index (χ0) is 17.0. The SMILES string of the molecule is CC1CCCNC1.CN1CCC(C)(c2nc3ccccc3s2)CC1. The minimum Gasteiger partial charge on any atom is -0.316 e. The van der Waals surface area contributed by atoms with Crippen LogP contribution in [0, 0.1) is 5.92 Å². The molecule has 1 aromatic heterocycles. The Bertz CT molecular complexity index is 604. The Morgan fingerprint density at radius 2 is 2.00 bits per heavy atom. The van der Waals surface area contributed by atoms with Crippen LogP contribution in [0.2, 0.25) is 0 Å². The van der Waals surface area contributed by atoms with Gasteiger partial charge >= 0.3 is 0 Å². The lowest BCUT2D eigenvalue weighted by Gasteiger charge is -2.36. The first-order valence-electron chi connectivity index (χ1n) is 9.32. The quantitative estimate of drug-likeness (QED) is 0.836. The van der Waals surface area contributed by atoms with Crippen LogP contribution < -0.4 is 5.32 Å². The van der Waals surface area contributed by atoms with Gasteiger partial charge in [-0.3, -0.25) is 0 Å². The maximum atomic E-state index is 4.83. The Kier molecular flexibility index (Phi) is 5.90. The van der Waals surface area contributed by atoms with Gasteiger partial charge in [-0.15, -0.1) is 11.3 Å². The number of thiazole rings is 1. The number of rotatable bonds is 1. The van der Waals surface area contributed by atoms with Crippen molar-refractivity contribution in [2.45, 2.75) is 44.9 Å². The highest BCUT2D eigenvalue weighted by Crippen LogP contribution is 2.38. The average molecular weight is 346 g/mol. The molecule has 2 saturated heterocycles. The molecule has 1 aromatic carbocycles. The number of benzene rings is 1. The van der Waals surface area contributed by atoms with Gasteiger partial charge in [0.25, 0.3) is 0 Å². The van der Waals surface area contributed by atoms with Crippen LogP contribution in [0.5, 0.6) is 0 Å². The van der Waals surface area contributed by atoms with Crippen LogP contribution in [0.25, 0.3) is 10.2 Å². The van der Waals surface area contributed by atoms with Crippen molar-refractivity contribution in [3.8, 4) is 0 Å². The summed E-state index contributed by atoms with van der Waals surface area (Å²) in [6, 6.07) is 8.46. The Labute approximate surface area is 150 Å². The van der Waals surface area contributed by atoms with Crippen LogP contribution in [-0.4, -0.2) is 43.1 Å². The fourth-order valence-corrected chi connectivity index (χ4v) is 4.65. The molecule has 0 bridgehead atoms. The van der Waals surface area contributed by atoms with E-state index in [-0.39, 0.29) is 5.41 Å². The second kappa shape index (κ2) is 7.94. The summed E-state index contributed by atoms with van der Waals surface area (Å²) in [6.07, 6.45) is 5.25. The third-order valence-electron chi connectivity index (χ3n) is 5.44. The number of aromatic nitrogens is 1. The monoisotopic (exact) mass is 345 g/mol. The molecule has 3 heterocycles. The lowest BCUT2D eigenvalue weighted by atomic mass is 9.81. The molecule has 0 amide bonds. The van der Waals surface area contributed by atoms with Crippen molar-refractivity contribution in [2.75, 3.05) is 33.2 Å². The number of likely N-dealkylation sites (tertiary alicyclic amines) is 1. The molecule has 132 valence electrons. The molecular weight excluding hydrogens is 314 g/mol. The number of hydrogen-bond donors (Lipinski definition) is 1. The number of piperidine rings is 2. The van der Waals surface area contributed by atoms with E-state index < -0.39 is 0 Å². The van der Waals surface area contributed by atoms with Gasteiger partial charge in [-0.1, -0.05) is 26.0 Å². The topological polar surface area (TPSA) is 28.2 Å². The smallest absolute Gasteiger partial charge is 0.0998 e. The fraction of sp³-hybridized carbons (Fsp3) is 0.650. The van der Waals surface area contributed by atoms with Crippen LogP contribution in [0.1, 0.15) is 44.5 Å². The number of nitrogens with zero attached hydrogens (tertiary/aromatic N) is 2. The molecule has 3 nitrogen and oxygen atoms in total. The van der Waals surface area contributed by atoms with Gasteiger partial charge in [-0.05, 0) is 77.0 Å². The number of fused-ring (bicyclic) bond motifs is 1. The molecule has 2 aromatic rings. The molecule has 4 heteroatoms. The van der Waals surface area contributed by atoms with Crippen molar-refractivity contribution >= 4 is 21.6 Å². The van der Waals surface area contributed by atoms with E-state index >= 15 is 0 Å². The third kappa shape index (κ3) is 4.35. The van der Waals surface area contributed by atoms with E-state index in [4.69, 9.17) is 4.98 Å². The fourth-order valence-electron chi connectivity index (χ4n) is 3.48. The Balaban J connectivity index is 0.000000203. The highest BCUT2D eigenvalue weighted by molar-refractivity contribution is 7.18. The van der Waals surface area contributed by atoms with Crippen LogP contribution in [-0.2, 0) is 5.41 Å². The zero-order valence-electron chi connectivity index (χ0n) is 15.3. The second-order valence-electron chi connectivity index (χ2n) is 7.80. The van der Waals surface area contributed by atoms with Crippen molar-refractivity contribution in [3.63, 3.8) is 0 Å². The molecule has 4 rings (SSSR count). The largest absolute Gasteiger partial charge is 0.316 e. The van der Waals surface area contributed by atoms with E-state index in [1.165, 1.54) is 61.6 Å². The molecule has 24 heavy (non-hydrogen) atoms. The van der Waals surface area contributed by atoms with E-state index in [0.717, 1.165) is 11.4 Å². The van der Waals surface area contributed by atoms with Gasteiger partial charge in [0.2, 0.25) is 0 Å². The first-order chi connectivity index (χ1) is 11.6. The van der Waals surface area contributed by atoms with Gasteiger partial charge < -0.3 is 10.2 Å². The van der Waals surface area contributed by atoms with Gasteiger partial charge in [0.1, 0.15) is 0 Å². The van der Waals surface area contributed by atoms with Crippen molar-refractivity contribution in [1.82, 2.24) is 15.2 Å². The van der Waals surface area contributed by atoms with Crippen molar-refractivity contribution in [1.29, 1.82) is 0 Å². The molecular formula is C20H31N3S. The summed E-state index contributed by atoms with van der Waals surface area (Å²) in [4.78, 5) is 7.24. The lowest BCUT2D eigenvalue weighted by Crippen LogP contribution is -2.38. The molecule has 1 atom stereocenters. The molecule has 1 N–H and O–H groups in total. The van der Waals surface area contributed by atoms with Crippen molar-refractivity contribution in [3.05, 3.63) is 29.3 Å². The summed E-state index contributed by atoms with van der Waals surface area (Å²) in [7, 11) is 2.21. The molecule has 0 aliphatic carbocycles. The average Bonchev–Trinajstić information content (AvgIpc) is 3.04. The summed E-state index contributed by atoms with van der Waals surface area (Å²) in [5.41, 5.74) is 1.45. The van der Waals surface area contributed by atoms with E-state index in [2.05, 4.69) is 55.4 Å². The van der Waals surface area contributed by atoms with Crippen LogP contribution >= 0.6 is 11.3 Å². The molecule has 0 saturated carbocycles. The van der Waals surface area contributed by atoms with E-state index in [1.54, 1.807) is 0 Å². The first kappa shape index (κ1) is 17.8. The summed E-state index contributed by atoms with van der Waals surface area (Å²) in [6.45, 7) is 9.52. The summed E-state index contributed by atoms with van der Waals surface area (Å²) in [5.74, 6) is 0.925. The number of para-hydroxylation sites is 1. The van der Waals surface area contributed by atoms with Crippen LogP contribution in [0.15, 0.2) is 24.3 Å². The highest BCUT2D eigenvalue weighted by atomic mass is 32.1. The third-order valence-corrected chi connectivity index (χ3v) is 6.79. The van der Waals surface area contributed by atoms with Gasteiger partial charge in [0, 0.05) is 5.41 Å². The number of hydrogen-bond acceptors (Lipinski definition) is 4. The minimum atomic E-state index is 0.288. The molecule has 2 aliphatic rings. The van der Waals surface area contributed by atoms with Gasteiger partial charge in [-0.2, -0.15) is 0 Å². The summed E-state index contributed by atoms with van der Waals surface area (Å²) in [5, 5.41) is 4.66. The molecule has 2 fully saturated rings. The van der Waals surface area contributed by atoms with Crippen molar-refractivity contribution in [2.24, 2.45) is 5.92 Å². The predicted molar refractivity (Wildman–Crippen MR) is 105 cm³/mol. The summed E-state index contributed by atoms with van der Waals surface area (Å²) >= 11 is 1.87. The van der Waals surface area contributed by atoms with Gasteiger partial charge in [-0.25, -0.2) is 4.98 Å². The predicted octanol–water partition coefficient (Wildman–Crippen LogP) is 4.29. The maximum Gasteiger partial charge on any atom is 0.0998 e.